The van der Waals surface area contributed by atoms with Crippen LogP contribution >= 0.6 is 23.1 Å². The van der Waals surface area contributed by atoms with Crippen LogP contribution in [0.15, 0.2) is 21.5 Å². The third-order valence-electron chi connectivity index (χ3n) is 7.70. The molecule has 0 bridgehead atoms. The summed E-state index contributed by atoms with van der Waals surface area (Å²) in [7, 11) is 0. The Labute approximate surface area is 241 Å². The highest BCUT2D eigenvalue weighted by molar-refractivity contribution is 8.06. The third-order valence-corrected chi connectivity index (χ3v) is 9.70. The topological polar surface area (TPSA) is 156 Å². The van der Waals surface area contributed by atoms with Gasteiger partial charge in [-0.2, -0.15) is 0 Å². The molecule has 4 rings (SSSR count). The Hall–Kier alpha value is -2.45. The molecular weight excluding hydrogens is 560 g/mol. The quantitative estimate of drug-likeness (QED) is 0.173. The lowest BCUT2D eigenvalue weighted by atomic mass is 9.68. The fourth-order valence-electron chi connectivity index (χ4n) is 5.70. The second-order valence-corrected chi connectivity index (χ2v) is 12.2. The Morgan fingerprint density at radius 2 is 2.05 bits per heavy atom. The summed E-state index contributed by atoms with van der Waals surface area (Å²) in [4.78, 5) is 44.5. The Balaban J connectivity index is 1.52. The maximum absolute atomic E-state index is 13.0. The first-order chi connectivity index (χ1) is 19.2. The Bertz CT molecular complexity index is 1140. The van der Waals surface area contributed by atoms with Gasteiger partial charge in [0.2, 0.25) is 5.91 Å². The molecule has 3 N–H and O–H groups in total. The molecular formula is C27H36N2O9S2. The highest BCUT2D eigenvalue weighted by Gasteiger charge is 2.66. The molecule has 3 aliphatic rings. The van der Waals surface area contributed by atoms with E-state index in [1.54, 1.807) is 17.0 Å². The van der Waals surface area contributed by atoms with Gasteiger partial charge in [-0.1, -0.05) is 25.1 Å². The minimum atomic E-state index is -1.24. The van der Waals surface area contributed by atoms with Crippen molar-refractivity contribution in [2.45, 2.75) is 77.2 Å². The number of rotatable bonds is 13. The predicted molar refractivity (Wildman–Crippen MR) is 148 cm³/mol. The van der Waals surface area contributed by atoms with Gasteiger partial charge in [-0.3, -0.25) is 4.79 Å². The Morgan fingerprint density at radius 1 is 1.30 bits per heavy atom. The van der Waals surface area contributed by atoms with Crippen molar-refractivity contribution in [3.05, 3.63) is 32.1 Å². The number of β-lactam (4-membered cyclic amide) rings is 1. The smallest absolute Gasteiger partial charge is 0.477 e. The minimum absolute atomic E-state index is 0.0328. The summed E-state index contributed by atoms with van der Waals surface area (Å²) in [6.07, 6.45) is 4.94. The fourth-order valence-corrected chi connectivity index (χ4v) is 7.60. The van der Waals surface area contributed by atoms with Gasteiger partial charge in [-0.15, -0.1) is 11.3 Å². The molecule has 2 fully saturated rings. The van der Waals surface area contributed by atoms with Crippen LogP contribution in [0.4, 0.5) is 4.79 Å². The van der Waals surface area contributed by atoms with Crippen molar-refractivity contribution in [1.82, 2.24) is 9.88 Å². The van der Waals surface area contributed by atoms with E-state index in [0.29, 0.717) is 10.6 Å². The maximum Gasteiger partial charge on any atom is 0.508 e. The van der Waals surface area contributed by atoms with Gasteiger partial charge >= 0.3 is 12.1 Å². The molecule has 3 heterocycles. The number of carboxylic acid groups (broad SMARTS) is 1. The van der Waals surface area contributed by atoms with Crippen LogP contribution in [-0.2, 0) is 30.4 Å². The van der Waals surface area contributed by atoms with Gasteiger partial charge in [0, 0.05) is 10.3 Å². The van der Waals surface area contributed by atoms with E-state index in [1.165, 1.54) is 34.9 Å². The summed E-state index contributed by atoms with van der Waals surface area (Å²) in [6, 6.07) is -0.592. The van der Waals surface area contributed by atoms with Gasteiger partial charge in [0.15, 0.2) is 0 Å². The van der Waals surface area contributed by atoms with Crippen molar-refractivity contribution in [2.24, 2.45) is 11.3 Å². The second kappa shape index (κ2) is 13.5. The number of nitrogens with zero attached hydrogens (tertiary/aromatic N) is 2. The van der Waals surface area contributed by atoms with Crippen LogP contribution in [-0.4, -0.2) is 81.3 Å². The fraction of sp³-hybridized carbons (Fsp3) is 0.630. The highest BCUT2D eigenvalue weighted by atomic mass is 32.2. The number of fused-ring (bicyclic) bond motifs is 1. The van der Waals surface area contributed by atoms with Crippen molar-refractivity contribution in [3.8, 4) is 0 Å². The first-order valence-corrected chi connectivity index (χ1v) is 15.2. The normalized spacial score (nSPS) is 25.7. The number of hydrogen-bond acceptors (Lipinski definition) is 11. The number of carboxylic acids is 1. The van der Waals surface area contributed by atoms with E-state index in [0.717, 1.165) is 37.0 Å². The first-order valence-electron chi connectivity index (χ1n) is 13.5. The number of amides is 1. The zero-order valence-corrected chi connectivity index (χ0v) is 24.2. The SMILES string of the molecule is C[C@@H](O)[C@H]1C(=O)N2C(C(=O)O)=C(SC=Cc3scnc3COCCO)C(C)(CCOC(=O)OC3CCCCC3)[C@@H]12. The molecule has 0 radical (unpaired) electrons. The van der Waals surface area contributed by atoms with E-state index in [1.807, 2.05) is 6.92 Å². The van der Waals surface area contributed by atoms with E-state index in [9.17, 15) is 24.6 Å². The van der Waals surface area contributed by atoms with Gasteiger partial charge in [0.05, 0.1) is 60.6 Å². The number of aliphatic hydroxyl groups excluding tert-OH is 2. The number of thioether (sulfide) groups is 1. The lowest BCUT2D eigenvalue weighted by Gasteiger charge is -2.50. The van der Waals surface area contributed by atoms with Crippen LogP contribution in [0.3, 0.4) is 0 Å². The lowest BCUT2D eigenvalue weighted by molar-refractivity contribution is -0.167. The zero-order valence-electron chi connectivity index (χ0n) is 22.6. The van der Waals surface area contributed by atoms with Gasteiger partial charge in [-0.05, 0) is 50.5 Å². The Kier molecular flexibility index (Phi) is 10.3. The number of hydrogen-bond donors (Lipinski definition) is 3. The average molecular weight is 597 g/mol. The second-order valence-electron chi connectivity index (χ2n) is 10.4. The number of aliphatic carboxylic acids is 1. The molecule has 40 heavy (non-hydrogen) atoms. The number of aromatic nitrogens is 1. The maximum atomic E-state index is 13.0. The zero-order chi connectivity index (χ0) is 28.9. The summed E-state index contributed by atoms with van der Waals surface area (Å²) in [5.41, 5.74) is 1.34. The molecule has 0 aromatic carbocycles. The molecule has 1 amide bonds. The monoisotopic (exact) mass is 596 g/mol. The summed E-state index contributed by atoms with van der Waals surface area (Å²) in [5, 5.41) is 31.2. The van der Waals surface area contributed by atoms with E-state index >= 15 is 0 Å². The summed E-state index contributed by atoms with van der Waals surface area (Å²) in [5.74, 6) is -2.45. The first kappa shape index (κ1) is 30.5. The molecule has 11 nitrogen and oxygen atoms in total. The van der Waals surface area contributed by atoms with E-state index in [4.69, 9.17) is 19.3 Å². The molecule has 1 saturated carbocycles. The van der Waals surface area contributed by atoms with E-state index in [2.05, 4.69) is 4.98 Å². The van der Waals surface area contributed by atoms with Crippen LogP contribution in [0.1, 0.15) is 62.9 Å². The molecule has 1 aromatic heterocycles. The van der Waals surface area contributed by atoms with Gasteiger partial charge < -0.3 is 34.4 Å². The van der Waals surface area contributed by atoms with Crippen LogP contribution < -0.4 is 0 Å². The van der Waals surface area contributed by atoms with Crippen molar-refractivity contribution in [1.29, 1.82) is 0 Å². The van der Waals surface area contributed by atoms with Crippen LogP contribution in [0.5, 0.6) is 0 Å². The van der Waals surface area contributed by atoms with Crippen LogP contribution in [0.25, 0.3) is 6.08 Å². The lowest BCUT2D eigenvalue weighted by Crippen LogP contribution is -2.66. The van der Waals surface area contributed by atoms with Crippen LogP contribution in [0, 0.1) is 11.3 Å². The van der Waals surface area contributed by atoms with Crippen molar-refractivity contribution < 1.29 is 43.9 Å². The molecule has 1 aliphatic carbocycles. The summed E-state index contributed by atoms with van der Waals surface area (Å²) < 4.78 is 16.2. The largest absolute Gasteiger partial charge is 0.508 e. The molecule has 1 aromatic rings. The standard InChI is InChI=1S/C27H36N2O9S2/c1-16(31)20-22-27(2,9-11-37-26(35)38-17-6-4-3-5-7-17)23(21(25(33)34)29(22)24(20)32)39-13-8-19-18(28-15-40-19)14-36-12-10-30/h8,13,15-17,20,22,30-31H,3-7,9-12,14H2,1-2H3,(H,33,34)/t16-,20-,22-,27?/m1/s1. The minimum Gasteiger partial charge on any atom is -0.477 e. The summed E-state index contributed by atoms with van der Waals surface area (Å²) >= 11 is 2.57. The van der Waals surface area contributed by atoms with E-state index in [-0.39, 0.29) is 44.6 Å². The number of ether oxygens (including phenoxy) is 3. The molecule has 0 spiro atoms. The number of thiazole rings is 1. The van der Waals surface area contributed by atoms with Crippen LogP contribution in [0.2, 0.25) is 0 Å². The van der Waals surface area contributed by atoms with E-state index < -0.39 is 41.5 Å². The van der Waals surface area contributed by atoms with Gasteiger partial charge in [0.25, 0.3) is 0 Å². The van der Waals surface area contributed by atoms with Gasteiger partial charge in [-0.25, -0.2) is 14.6 Å². The highest BCUT2D eigenvalue weighted by Crippen LogP contribution is 2.59. The number of carbonyl (C=O) groups is 3. The molecule has 1 saturated heterocycles. The number of carbonyl (C=O) groups excluding carboxylic acids is 2. The molecule has 220 valence electrons. The molecule has 13 heteroatoms. The third kappa shape index (κ3) is 6.38. The average Bonchev–Trinajstić information content (AvgIpc) is 3.43. The van der Waals surface area contributed by atoms with Crippen molar-refractivity contribution >= 4 is 47.2 Å². The Morgan fingerprint density at radius 3 is 2.73 bits per heavy atom. The van der Waals surface area contributed by atoms with Gasteiger partial charge in [0.1, 0.15) is 11.8 Å². The van der Waals surface area contributed by atoms with Crippen molar-refractivity contribution in [2.75, 3.05) is 19.8 Å². The molecule has 1 unspecified atom stereocenters. The number of aliphatic hydroxyl groups is 2. The predicted octanol–water partition coefficient (Wildman–Crippen LogP) is 3.76. The molecule has 4 atom stereocenters. The molecule has 2 aliphatic heterocycles. The summed E-state index contributed by atoms with van der Waals surface area (Å²) in [6.45, 7) is 3.65. The van der Waals surface area contributed by atoms with Crippen molar-refractivity contribution in [3.63, 3.8) is 0 Å².